The molecule has 2 heterocycles. The van der Waals surface area contributed by atoms with Gasteiger partial charge in [-0.3, -0.25) is 4.99 Å². The van der Waals surface area contributed by atoms with Crippen LogP contribution in [0.25, 0.3) is 5.69 Å². The highest BCUT2D eigenvalue weighted by atomic mass is 16.5. The van der Waals surface area contributed by atoms with E-state index in [0.29, 0.717) is 24.7 Å². The summed E-state index contributed by atoms with van der Waals surface area (Å²) in [6.45, 7) is 3.28. The Labute approximate surface area is 152 Å². The van der Waals surface area contributed by atoms with E-state index in [1.165, 1.54) is 5.56 Å². The third kappa shape index (κ3) is 4.92. The van der Waals surface area contributed by atoms with Crippen LogP contribution in [0.4, 0.5) is 0 Å². The van der Waals surface area contributed by atoms with E-state index in [-0.39, 0.29) is 0 Å². The van der Waals surface area contributed by atoms with E-state index in [0.717, 1.165) is 24.6 Å². The van der Waals surface area contributed by atoms with Gasteiger partial charge in [0.2, 0.25) is 5.89 Å². The summed E-state index contributed by atoms with van der Waals surface area (Å²) in [4.78, 5) is 8.40. The molecule has 0 saturated heterocycles. The van der Waals surface area contributed by atoms with E-state index >= 15 is 0 Å². The number of hydrogen-bond donors (Lipinski definition) is 2. The van der Waals surface area contributed by atoms with Crippen LogP contribution in [0.2, 0.25) is 0 Å². The molecule has 0 radical (unpaired) electrons. The molecular weight excluding hydrogens is 330 g/mol. The predicted octanol–water partition coefficient (Wildman–Crippen LogP) is 1.51. The lowest BCUT2D eigenvalue weighted by Gasteiger charge is -2.11. The molecular formula is C18H23N7O. The van der Waals surface area contributed by atoms with Crippen molar-refractivity contribution in [2.45, 2.75) is 19.8 Å². The van der Waals surface area contributed by atoms with Gasteiger partial charge in [0.05, 0.1) is 5.69 Å². The Kier molecular flexibility index (Phi) is 5.97. The van der Waals surface area contributed by atoms with Crippen molar-refractivity contribution in [1.29, 1.82) is 0 Å². The molecule has 8 nitrogen and oxygen atoms in total. The molecule has 26 heavy (non-hydrogen) atoms. The standard InChI is InChI=1S/C18H23N7O/c1-14-23-17(26-24-14)9-12-21-18(19-2)20-11-8-15-4-6-16(7-5-15)25-13-3-10-22-25/h3-7,10,13H,8-9,11-12H2,1-2H3,(H2,19,20,21). The molecule has 3 rings (SSSR count). The largest absolute Gasteiger partial charge is 0.356 e. The van der Waals surface area contributed by atoms with E-state index in [2.05, 4.69) is 55.1 Å². The maximum absolute atomic E-state index is 5.09. The summed E-state index contributed by atoms with van der Waals surface area (Å²) in [7, 11) is 1.76. The second-order valence-corrected chi connectivity index (χ2v) is 5.78. The Hall–Kier alpha value is -3.16. The predicted molar refractivity (Wildman–Crippen MR) is 99.4 cm³/mol. The molecule has 0 aliphatic carbocycles. The van der Waals surface area contributed by atoms with Gasteiger partial charge >= 0.3 is 0 Å². The first-order valence-electron chi connectivity index (χ1n) is 8.57. The van der Waals surface area contributed by atoms with E-state index in [9.17, 15) is 0 Å². The summed E-state index contributed by atoms with van der Waals surface area (Å²) in [5.74, 6) is 2.04. The minimum Gasteiger partial charge on any atom is -0.356 e. The highest BCUT2D eigenvalue weighted by molar-refractivity contribution is 5.79. The van der Waals surface area contributed by atoms with Crippen molar-refractivity contribution in [2.24, 2.45) is 4.99 Å². The number of nitrogens with zero attached hydrogens (tertiary/aromatic N) is 5. The molecule has 0 bridgehead atoms. The van der Waals surface area contributed by atoms with Crippen molar-refractivity contribution in [1.82, 2.24) is 30.6 Å². The first kappa shape index (κ1) is 17.7. The van der Waals surface area contributed by atoms with Crippen LogP contribution in [0, 0.1) is 6.92 Å². The van der Waals surface area contributed by atoms with Crippen LogP contribution in [0.1, 0.15) is 17.3 Å². The summed E-state index contributed by atoms with van der Waals surface area (Å²) in [6.07, 6.45) is 5.28. The van der Waals surface area contributed by atoms with Crippen molar-refractivity contribution in [3.63, 3.8) is 0 Å². The molecule has 2 N–H and O–H groups in total. The smallest absolute Gasteiger partial charge is 0.228 e. The summed E-state index contributed by atoms with van der Waals surface area (Å²) < 4.78 is 6.93. The molecule has 0 atom stereocenters. The van der Waals surface area contributed by atoms with E-state index < -0.39 is 0 Å². The average molecular weight is 353 g/mol. The summed E-state index contributed by atoms with van der Waals surface area (Å²) in [5, 5.41) is 14.6. The van der Waals surface area contributed by atoms with Gasteiger partial charge in [-0.05, 0) is 37.1 Å². The fraction of sp³-hybridized carbons (Fsp3) is 0.333. The summed E-state index contributed by atoms with van der Waals surface area (Å²) in [6, 6.07) is 10.3. The molecule has 0 amide bonds. The van der Waals surface area contributed by atoms with Crippen LogP contribution in [0.5, 0.6) is 0 Å². The molecule has 0 aliphatic heterocycles. The maximum atomic E-state index is 5.09. The van der Waals surface area contributed by atoms with Crippen molar-refractivity contribution in [2.75, 3.05) is 20.1 Å². The number of hydrogen-bond acceptors (Lipinski definition) is 5. The number of nitrogens with one attached hydrogen (secondary N) is 2. The van der Waals surface area contributed by atoms with Crippen LogP contribution in [-0.4, -0.2) is 46.0 Å². The van der Waals surface area contributed by atoms with E-state index in [1.54, 1.807) is 13.2 Å². The third-order valence-corrected chi connectivity index (χ3v) is 3.84. The van der Waals surface area contributed by atoms with Gasteiger partial charge in [-0.1, -0.05) is 17.3 Å². The summed E-state index contributed by atoms with van der Waals surface area (Å²) >= 11 is 0. The van der Waals surface area contributed by atoms with Gasteiger partial charge in [0.1, 0.15) is 0 Å². The molecule has 0 unspecified atom stereocenters. The molecule has 0 fully saturated rings. The lowest BCUT2D eigenvalue weighted by Crippen LogP contribution is -2.39. The minimum atomic E-state index is 0.628. The van der Waals surface area contributed by atoms with Gasteiger partial charge in [-0.15, -0.1) is 0 Å². The molecule has 0 saturated carbocycles. The van der Waals surface area contributed by atoms with Crippen molar-refractivity contribution in [3.05, 3.63) is 60.0 Å². The molecule has 8 heteroatoms. The first-order chi connectivity index (χ1) is 12.7. The van der Waals surface area contributed by atoms with Gasteiger partial charge in [0, 0.05) is 39.0 Å². The Morgan fingerprint density at radius 3 is 2.54 bits per heavy atom. The first-order valence-corrected chi connectivity index (χ1v) is 8.57. The zero-order valence-corrected chi connectivity index (χ0v) is 15.0. The number of benzene rings is 1. The quantitative estimate of drug-likeness (QED) is 0.494. The van der Waals surface area contributed by atoms with Crippen molar-refractivity contribution < 1.29 is 4.52 Å². The average Bonchev–Trinajstić information content (AvgIpc) is 3.33. The second-order valence-electron chi connectivity index (χ2n) is 5.78. The number of aliphatic imine (C=N–C) groups is 1. The monoisotopic (exact) mass is 353 g/mol. The minimum absolute atomic E-state index is 0.628. The molecule has 3 aromatic rings. The number of rotatable bonds is 7. The van der Waals surface area contributed by atoms with Crippen molar-refractivity contribution >= 4 is 5.96 Å². The van der Waals surface area contributed by atoms with Crippen LogP contribution in [0.15, 0.2) is 52.2 Å². The van der Waals surface area contributed by atoms with Gasteiger partial charge in [-0.2, -0.15) is 10.1 Å². The number of aromatic nitrogens is 4. The fourth-order valence-corrected chi connectivity index (χ4v) is 2.51. The Balaban J connectivity index is 1.40. The van der Waals surface area contributed by atoms with Gasteiger partial charge in [-0.25, -0.2) is 4.68 Å². The Bertz CT molecular complexity index is 822. The zero-order valence-electron chi connectivity index (χ0n) is 15.0. The highest BCUT2D eigenvalue weighted by Crippen LogP contribution is 2.08. The topological polar surface area (TPSA) is 93.2 Å². The van der Waals surface area contributed by atoms with E-state index in [1.807, 2.05) is 23.9 Å². The van der Waals surface area contributed by atoms with Gasteiger partial charge < -0.3 is 15.2 Å². The molecule has 2 aromatic heterocycles. The Morgan fingerprint density at radius 1 is 1.15 bits per heavy atom. The van der Waals surface area contributed by atoms with Crippen LogP contribution in [-0.2, 0) is 12.8 Å². The van der Waals surface area contributed by atoms with Crippen LogP contribution in [0.3, 0.4) is 0 Å². The van der Waals surface area contributed by atoms with E-state index in [4.69, 9.17) is 4.52 Å². The zero-order chi connectivity index (χ0) is 18.2. The fourth-order valence-electron chi connectivity index (χ4n) is 2.51. The highest BCUT2D eigenvalue weighted by Gasteiger charge is 2.03. The Morgan fingerprint density at radius 2 is 1.92 bits per heavy atom. The normalized spacial score (nSPS) is 11.5. The van der Waals surface area contributed by atoms with Crippen LogP contribution < -0.4 is 10.6 Å². The SMILES string of the molecule is CN=C(NCCc1ccc(-n2cccn2)cc1)NCCc1nc(C)no1. The molecule has 0 aliphatic rings. The van der Waals surface area contributed by atoms with Crippen molar-refractivity contribution in [3.8, 4) is 5.69 Å². The molecule has 1 aromatic carbocycles. The number of guanidine groups is 1. The lowest BCUT2D eigenvalue weighted by molar-refractivity contribution is 0.374. The molecule has 0 spiro atoms. The van der Waals surface area contributed by atoms with Crippen LogP contribution >= 0.6 is 0 Å². The lowest BCUT2D eigenvalue weighted by atomic mass is 10.1. The molecule has 136 valence electrons. The number of aryl methyl sites for hydroxylation is 1. The van der Waals surface area contributed by atoms with Gasteiger partial charge in [0.15, 0.2) is 11.8 Å². The third-order valence-electron chi connectivity index (χ3n) is 3.84. The maximum Gasteiger partial charge on any atom is 0.228 e. The van der Waals surface area contributed by atoms with Gasteiger partial charge in [0.25, 0.3) is 0 Å². The second kappa shape index (κ2) is 8.80. The summed E-state index contributed by atoms with van der Waals surface area (Å²) in [5.41, 5.74) is 2.31.